The number of carbonyl (C=O) groups is 1. The van der Waals surface area contributed by atoms with E-state index in [1.165, 1.54) is 6.26 Å². The number of aliphatic hydroxyl groups excluding tert-OH is 1. The number of hydrogen-bond acceptors (Lipinski definition) is 4. The van der Waals surface area contributed by atoms with Gasteiger partial charge in [-0.25, -0.2) is 0 Å². The summed E-state index contributed by atoms with van der Waals surface area (Å²) in [4.78, 5) is 16.0. The molecule has 0 saturated carbocycles. The monoisotopic (exact) mass is 252 g/mol. The van der Waals surface area contributed by atoms with Crippen molar-refractivity contribution in [1.82, 2.24) is 9.80 Å². The molecule has 2 rings (SSSR count). The first-order chi connectivity index (χ1) is 8.63. The molecule has 1 aromatic heterocycles. The van der Waals surface area contributed by atoms with Crippen LogP contribution in [0.25, 0.3) is 0 Å². The van der Waals surface area contributed by atoms with Gasteiger partial charge in [0.05, 0.1) is 6.26 Å². The quantitative estimate of drug-likeness (QED) is 0.859. The number of carbonyl (C=O) groups excluding carboxylic acids is 1. The second-order valence-electron chi connectivity index (χ2n) is 4.99. The summed E-state index contributed by atoms with van der Waals surface area (Å²) < 4.78 is 5.14. The van der Waals surface area contributed by atoms with Crippen LogP contribution in [-0.4, -0.2) is 60.6 Å². The van der Waals surface area contributed by atoms with E-state index in [1.807, 2.05) is 14.1 Å². The zero-order valence-corrected chi connectivity index (χ0v) is 10.9. The van der Waals surface area contributed by atoms with Crippen molar-refractivity contribution in [2.45, 2.75) is 12.5 Å². The second-order valence-corrected chi connectivity index (χ2v) is 4.99. The lowest BCUT2D eigenvalue weighted by molar-refractivity contribution is 0.0358. The van der Waals surface area contributed by atoms with Crippen LogP contribution in [0.2, 0.25) is 0 Å². The Morgan fingerprint density at radius 2 is 2.39 bits per heavy atom. The third-order valence-electron chi connectivity index (χ3n) is 3.64. The number of aliphatic hydroxyl groups is 1. The molecule has 1 saturated heterocycles. The van der Waals surface area contributed by atoms with Gasteiger partial charge in [-0.3, -0.25) is 4.79 Å². The minimum absolute atomic E-state index is 0.0664. The molecule has 1 aliphatic rings. The molecule has 0 radical (unpaired) electrons. The van der Waals surface area contributed by atoms with E-state index in [2.05, 4.69) is 4.90 Å². The maximum absolute atomic E-state index is 12.2. The molecule has 1 aliphatic heterocycles. The van der Waals surface area contributed by atoms with Crippen molar-refractivity contribution in [3.8, 4) is 0 Å². The molecule has 1 fully saturated rings. The van der Waals surface area contributed by atoms with Gasteiger partial charge in [0, 0.05) is 31.7 Å². The Labute approximate surface area is 107 Å². The Morgan fingerprint density at radius 3 is 2.94 bits per heavy atom. The highest BCUT2D eigenvalue weighted by Gasteiger charge is 2.33. The predicted octanol–water partition coefficient (Wildman–Crippen LogP) is 0.664. The molecule has 5 heteroatoms. The first-order valence-electron chi connectivity index (χ1n) is 6.23. The van der Waals surface area contributed by atoms with E-state index >= 15 is 0 Å². The number of hydrogen-bond donors (Lipinski definition) is 1. The Morgan fingerprint density at radius 1 is 1.61 bits per heavy atom. The molecule has 0 aliphatic carbocycles. The highest BCUT2D eigenvalue weighted by Crippen LogP contribution is 2.22. The van der Waals surface area contributed by atoms with Crippen molar-refractivity contribution in [3.05, 3.63) is 24.2 Å². The molecule has 100 valence electrons. The van der Waals surface area contributed by atoms with Crippen LogP contribution in [0.5, 0.6) is 0 Å². The normalized spacial score (nSPS) is 24.6. The Kier molecular flexibility index (Phi) is 4.04. The zero-order chi connectivity index (χ0) is 13.1. The maximum Gasteiger partial charge on any atom is 0.289 e. The van der Waals surface area contributed by atoms with Gasteiger partial charge in [0.25, 0.3) is 5.91 Å². The van der Waals surface area contributed by atoms with E-state index in [9.17, 15) is 9.90 Å². The van der Waals surface area contributed by atoms with Crippen molar-refractivity contribution in [1.29, 1.82) is 0 Å². The van der Waals surface area contributed by atoms with Crippen molar-refractivity contribution in [2.75, 3.05) is 33.8 Å². The standard InChI is InChI=1S/C13H20N2O3/c1-14(2)11-8-15(6-5-10(11)9-16)13(17)12-4-3-7-18-12/h3-4,7,10-11,16H,5-6,8-9H2,1-2H3/t10-,11-/m1/s1. The van der Waals surface area contributed by atoms with Gasteiger partial charge >= 0.3 is 0 Å². The van der Waals surface area contributed by atoms with Crippen LogP contribution in [0.1, 0.15) is 17.0 Å². The van der Waals surface area contributed by atoms with Gasteiger partial charge in [-0.15, -0.1) is 0 Å². The number of nitrogens with zero attached hydrogens (tertiary/aromatic N) is 2. The lowest BCUT2D eigenvalue weighted by Gasteiger charge is -2.40. The molecule has 5 nitrogen and oxygen atoms in total. The number of furan rings is 1. The predicted molar refractivity (Wildman–Crippen MR) is 67.3 cm³/mol. The first kappa shape index (κ1) is 13.1. The molecule has 0 unspecified atom stereocenters. The largest absolute Gasteiger partial charge is 0.459 e. The van der Waals surface area contributed by atoms with Gasteiger partial charge in [-0.1, -0.05) is 0 Å². The van der Waals surface area contributed by atoms with Gasteiger partial charge in [-0.05, 0) is 32.6 Å². The summed E-state index contributed by atoms with van der Waals surface area (Å²) in [6, 6.07) is 3.60. The summed E-state index contributed by atoms with van der Waals surface area (Å²) in [6.45, 7) is 1.48. The van der Waals surface area contributed by atoms with Crippen molar-refractivity contribution >= 4 is 5.91 Å². The molecule has 0 spiro atoms. The minimum atomic E-state index is -0.0664. The zero-order valence-electron chi connectivity index (χ0n) is 10.9. The van der Waals surface area contributed by atoms with Crippen LogP contribution in [0.4, 0.5) is 0 Å². The van der Waals surface area contributed by atoms with E-state index in [-0.39, 0.29) is 24.5 Å². The van der Waals surface area contributed by atoms with E-state index in [4.69, 9.17) is 4.42 Å². The van der Waals surface area contributed by atoms with E-state index in [0.29, 0.717) is 18.8 Å². The molecule has 1 amide bonds. The topological polar surface area (TPSA) is 56.9 Å². The van der Waals surface area contributed by atoms with Crippen molar-refractivity contribution in [2.24, 2.45) is 5.92 Å². The third kappa shape index (κ3) is 2.57. The summed E-state index contributed by atoms with van der Waals surface area (Å²) in [5.41, 5.74) is 0. The number of piperidine rings is 1. The smallest absolute Gasteiger partial charge is 0.289 e. The fourth-order valence-corrected chi connectivity index (χ4v) is 2.52. The summed E-state index contributed by atoms with van der Waals surface area (Å²) in [5.74, 6) is 0.554. The van der Waals surface area contributed by atoms with Crippen LogP contribution in [0, 0.1) is 5.92 Å². The molecule has 0 bridgehead atoms. The molecule has 0 aromatic carbocycles. The Bertz CT molecular complexity index is 389. The Hall–Kier alpha value is -1.33. The molecule has 2 heterocycles. The van der Waals surface area contributed by atoms with E-state index in [0.717, 1.165) is 6.42 Å². The number of likely N-dealkylation sites (tertiary alicyclic amines) is 1. The fourth-order valence-electron chi connectivity index (χ4n) is 2.52. The molecule has 18 heavy (non-hydrogen) atoms. The van der Waals surface area contributed by atoms with Crippen LogP contribution in [0.15, 0.2) is 22.8 Å². The average Bonchev–Trinajstić information content (AvgIpc) is 2.90. The van der Waals surface area contributed by atoms with Crippen molar-refractivity contribution < 1.29 is 14.3 Å². The van der Waals surface area contributed by atoms with Crippen LogP contribution in [0.3, 0.4) is 0 Å². The summed E-state index contributed by atoms with van der Waals surface area (Å²) in [5, 5.41) is 9.37. The molecule has 2 atom stereocenters. The minimum Gasteiger partial charge on any atom is -0.459 e. The fraction of sp³-hybridized carbons (Fsp3) is 0.615. The van der Waals surface area contributed by atoms with Crippen LogP contribution < -0.4 is 0 Å². The highest BCUT2D eigenvalue weighted by atomic mass is 16.3. The van der Waals surface area contributed by atoms with Crippen LogP contribution >= 0.6 is 0 Å². The SMILES string of the molecule is CN(C)[C@@H]1CN(C(=O)c2ccco2)CC[C@@H]1CO. The van der Waals surface area contributed by atoms with Gasteiger partial charge in [0.15, 0.2) is 5.76 Å². The van der Waals surface area contributed by atoms with Gasteiger partial charge < -0.3 is 19.3 Å². The molecular weight excluding hydrogens is 232 g/mol. The van der Waals surface area contributed by atoms with Gasteiger partial charge in [-0.2, -0.15) is 0 Å². The summed E-state index contributed by atoms with van der Waals surface area (Å²) in [7, 11) is 3.96. The maximum atomic E-state index is 12.2. The van der Waals surface area contributed by atoms with Gasteiger partial charge in [0.2, 0.25) is 0 Å². The first-order valence-corrected chi connectivity index (χ1v) is 6.23. The molecular formula is C13H20N2O3. The number of amides is 1. The third-order valence-corrected chi connectivity index (χ3v) is 3.64. The average molecular weight is 252 g/mol. The lowest BCUT2D eigenvalue weighted by Crippen LogP contribution is -2.53. The van der Waals surface area contributed by atoms with Crippen molar-refractivity contribution in [3.63, 3.8) is 0 Å². The lowest BCUT2D eigenvalue weighted by atomic mass is 9.91. The number of rotatable bonds is 3. The van der Waals surface area contributed by atoms with E-state index < -0.39 is 0 Å². The van der Waals surface area contributed by atoms with Gasteiger partial charge in [0.1, 0.15) is 0 Å². The number of likely N-dealkylation sites (N-methyl/N-ethyl adjacent to an activating group) is 1. The molecule has 1 N–H and O–H groups in total. The highest BCUT2D eigenvalue weighted by molar-refractivity contribution is 5.91. The van der Waals surface area contributed by atoms with E-state index in [1.54, 1.807) is 17.0 Å². The second kappa shape index (κ2) is 5.54. The Balaban J connectivity index is 2.06. The molecule has 1 aromatic rings. The summed E-state index contributed by atoms with van der Waals surface area (Å²) >= 11 is 0. The summed E-state index contributed by atoms with van der Waals surface area (Å²) in [6.07, 6.45) is 2.34. The van der Waals surface area contributed by atoms with Crippen LogP contribution in [-0.2, 0) is 0 Å².